The van der Waals surface area contributed by atoms with E-state index < -0.39 is 18.1 Å². The van der Waals surface area contributed by atoms with Gasteiger partial charge in [-0.15, -0.1) is 0 Å². The van der Waals surface area contributed by atoms with E-state index in [0.29, 0.717) is 35.1 Å². The predicted octanol–water partition coefficient (Wildman–Crippen LogP) is 5.28. The van der Waals surface area contributed by atoms with Crippen molar-refractivity contribution in [2.24, 2.45) is 5.92 Å². The van der Waals surface area contributed by atoms with Crippen molar-refractivity contribution < 1.29 is 18.0 Å². The highest BCUT2D eigenvalue weighted by Gasteiger charge is 2.30. The van der Waals surface area contributed by atoms with E-state index >= 15 is 0 Å². The van der Waals surface area contributed by atoms with E-state index in [4.69, 9.17) is 0 Å². The molecule has 1 amide bonds. The first-order valence-electron chi connectivity index (χ1n) is 16.4. The number of hydrogen-bond donors (Lipinski definition) is 1. The van der Waals surface area contributed by atoms with Gasteiger partial charge >= 0.3 is 6.18 Å². The van der Waals surface area contributed by atoms with E-state index in [1.165, 1.54) is 4.57 Å². The number of hydrogen-bond acceptors (Lipinski definition) is 6. The number of nitriles is 1. The Morgan fingerprint density at radius 2 is 1.79 bits per heavy atom. The molecule has 3 aromatic rings. The molecule has 4 heterocycles. The lowest BCUT2D eigenvalue weighted by Crippen LogP contribution is -2.50. The zero-order valence-electron chi connectivity index (χ0n) is 27.5. The summed E-state index contributed by atoms with van der Waals surface area (Å²) in [5.74, 6) is 6.68. The normalized spacial score (nSPS) is 16.9. The minimum absolute atomic E-state index is 0.226. The van der Waals surface area contributed by atoms with Crippen LogP contribution in [0.15, 0.2) is 42.6 Å². The number of piperidine rings is 1. The maximum absolute atomic E-state index is 13.6. The number of anilines is 1. The molecule has 2 aliphatic heterocycles. The fourth-order valence-electron chi connectivity index (χ4n) is 6.29. The van der Waals surface area contributed by atoms with Crippen molar-refractivity contribution in [1.82, 2.24) is 24.3 Å². The summed E-state index contributed by atoms with van der Waals surface area (Å²) >= 11 is 0. The molecule has 47 heavy (non-hydrogen) atoms. The van der Waals surface area contributed by atoms with Crippen molar-refractivity contribution in [3.05, 3.63) is 59.5 Å². The van der Waals surface area contributed by atoms with Crippen LogP contribution in [-0.4, -0.2) is 95.7 Å². The van der Waals surface area contributed by atoms with Gasteiger partial charge in [0.05, 0.1) is 47.8 Å². The van der Waals surface area contributed by atoms with Gasteiger partial charge in [-0.3, -0.25) is 14.7 Å². The summed E-state index contributed by atoms with van der Waals surface area (Å²) in [6.45, 7) is 8.50. The molecule has 2 aromatic heterocycles. The lowest BCUT2D eigenvalue weighted by molar-refractivity contribution is -0.140. The Morgan fingerprint density at radius 1 is 1.04 bits per heavy atom. The zero-order valence-corrected chi connectivity index (χ0v) is 27.5. The Kier molecular flexibility index (Phi) is 10.8. The number of alkyl halides is 3. The van der Waals surface area contributed by atoms with E-state index in [9.17, 15) is 23.2 Å². The number of nitrogens with zero attached hydrogens (tertiary/aromatic N) is 6. The van der Waals surface area contributed by atoms with Gasteiger partial charge in [0.2, 0.25) is 5.91 Å². The van der Waals surface area contributed by atoms with E-state index in [2.05, 4.69) is 45.1 Å². The van der Waals surface area contributed by atoms with Gasteiger partial charge in [0.25, 0.3) is 0 Å². The molecule has 2 aliphatic rings. The van der Waals surface area contributed by atoms with Crippen molar-refractivity contribution in [1.29, 1.82) is 5.26 Å². The van der Waals surface area contributed by atoms with Crippen LogP contribution in [0.2, 0.25) is 0 Å². The number of aryl methyl sites for hydroxylation is 1. The first-order chi connectivity index (χ1) is 22.4. The Morgan fingerprint density at radius 3 is 2.45 bits per heavy atom. The summed E-state index contributed by atoms with van der Waals surface area (Å²) in [5.41, 5.74) is 2.60. The third kappa shape index (κ3) is 9.27. The molecular weight excluding hydrogens is 603 g/mol. The largest absolute Gasteiger partial charge is 0.406 e. The number of likely N-dealkylation sites (tertiary alicyclic amines) is 1. The lowest BCUT2D eigenvalue weighted by atomic mass is 9.90. The fourth-order valence-corrected chi connectivity index (χ4v) is 6.29. The molecule has 2 saturated heterocycles. The first-order valence-corrected chi connectivity index (χ1v) is 16.4. The van der Waals surface area contributed by atoms with Crippen LogP contribution >= 0.6 is 0 Å². The van der Waals surface area contributed by atoms with Gasteiger partial charge < -0.3 is 19.7 Å². The molecule has 0 unspecified atom stereocenters. The Balaban J connectivity index is 1.16. The van der Waals surface area contributed by atoms with Crippen LogP contribution in [0, 0.1) is 29.1 Å². The summed E-state index contributed by atoms with van der Waals surface area (Å²) in [4.78, 5) is 23.6. The summed E-state index contributed by atoms with van der Waals surface area (Å²) < 4.78 is 41.9. The zero-order chi connectivity index (χ0) is 33.6. The highest BCUT2D eigenvalue weighted by molar-refractivity contribution is 5.83. The molecule has 0 saturated carbocycles. The molecule has 5 rings (SSSR count). The van der Waals surface area contributed by atoms with Crippen molar-refractivity contribution in [2.75, 3.05) is 64.7 Å². The van der Waals surface area contributed by atoms with Gasteiger partial charge in [-0.05, 0) is 107 Å². The number of piperazine rings is 1. The lowest BCUT2D eigenvalue weighted by Gasteiger charge is -2.36. The van der Waals surface area contributed by atoms with Gasteiger partial charge in [0, 0.05) is 37.1 Å². The SMILES string of the molecule is CN1CCN(C(=O)CN2CCC(CCc3ccc4c(c3)cc(C#CCNc3ccc(C(C)(C)C#N)nc3)n4CC(F)(F)F)CC2)CC1. The van der Waals surface area contributed by atoms with Gasteiger partial charge in [-0.25, -0.2) is 0 Å². The number of nitrogens with one attached hydrogen (secondary N) is 1. The number of fused-ring (bicyclic) bond motifs is 1. The van der Waals surface area contributed by atoms with Gasteiger partial charge in [-0.1, -0.05) is 12.0 Å². The molecular formula is C36H44F3N7O. The Hall–Kier alpha value is -4.06. The smallest absolute Gasteiger partial charge is 0.373 e. The van der Waals surface area contributed by atoms with Crippen LogP contribution in [0.25, 0.3) is 10.9 Å². The van der Waals surface area contributed by atoms with Crippen molar-refractivity contribution in [3.63, 3.8) is 0 Å². The van der Waals surface area contributed by atoms with E-state index in [1.807, 2.05) is 23.1 Å². The average molecular weight is 648 g/mol. The second kappa shape index (κ2) is 14.8. The molecule has 0 radical (unpaired) electrons. The first kappa shape index (κ1) is 34.3. The maximum atomic E-state index is 13.6. The van der Waals surface area contributed by atoms with Crippen LogP contribution in [0.4, 0.5) is 18.9 Å². The molecule has 0 bridgehead atoms. The van der Waals surface area contributed by atoms with Crippen LogP contribution in [0.3, 0.4) is 0 Å². The van der Waals surface area contributed by atoms with E-state index in [0.717, 1.165) is 75.9 Å². The molecule has 2 fully saturated rings. The molecule has 0 atom stereocenters. The summed E-state index contributed by atoms with van der Waals surface area (Å²) in [5, 5.41) is 13.2. The number of rotatable bonds is 9. The van der Waals surface area contributed by atoms with E-state index in [-0.39, 0.29) is 12.5 Å². The molecule has 1 aromatic carbocycles. The van der Waals surface area contributed by atoms with Crippen LogP contribution in [0.5, 0.6) is 0 Å². The third-order valence-electron chi connectivity index (χ3n) is 9.35. The number of amides is 1. The molecule has 1 N–H and O–H groups in total. The standard InChI is InChI=1S/C36H44F3N7O/c1-35(2,25-40)33-11-9-30(23-42-33)41-14-4-5-31-22-29-21-28(8-10-32(29)46(31)26-36(37,38)39)7-6-27-12-15-44(16-13-27)24-34(47)45-19-17-43(3)18-20-45/h8-11,21-23,27,41H,6-7,12-20,24,26H2,1-3H3. The minimum Gasteiger partial charge on any atom is -0.373 e. The summed E-state index contributed by atoms with van der Waals surface area (Å²) in [7, 11) is 2.09. The van der Waals surface area contributed by atoms with Crippen LogP contribution in [0.1, 0.15) is 50.1 Å². The second-order valence-corrected chi connectivity index (χ2v) is 13.4. The number of pyridine rings is 1. The minimum atomic E-state index is -4.38. The Bertz CT molecular complexity index is 1630. The molecule has 0 aliphatic carbocycles. The van der Waals surface area contributed by atoms with Crippen LogP contribution in [-0.2, 0) is 23.2 Å². The highest BCUT2D eigenvalue weighted by atomic mass is 19.4. The Labute approximate surface area is 275 Å². The fraction of sp³-hybridized carbons (Fsp3) is 0.528. The van der Waals surface area contributed by atoms with Gasteiger partial charge in [0.15, 0.2) is 0 Å². The topological polar surface area (TPSA) is 80.4 Å². The average Bonchev–Trinajstić information content (AvgIpc) is 3.38. The van der Waals surface area contributed by atoms with Crippen molar-refractivity contribution in [3.8, 4) is 17.9 Å². The maximum Gasteiger partial charge on any atom is 0.406 e. The van der Waals surface area contributed by atoms with Crippen molar-refractivity contribution in [2.45, 2.75) is 57.7 Å². The molecule has 250 valence electrons. The highest BCUT2D eigenvalue weighted by Crippen LogP contribution is 2.28. The number of carbonyl (C=O) groups excluding carboxylic acids is 1. The number of carbonyl (C=O) groups is 1. The monoisotopic (exact) mass is 647 g/mol. The second-order valence-electron chi connectivity index (χ2n) is 13.4. The number of halogens is 3. The van der Waals surface area contributed by atoms with Crippen molar-refractivity contribution >= 4 is 22.5 Å². The molecule has 8 nitrogen and oxygen atoms in total. The van der Waals surface area contributed by atoms with Gasteiger partial charge in [0.1, 0.15) is 6.54 Å². The molecule has 0 spiro atoms. The quantitative estimate of drug-likeness (QED) is 0.319. The van der Waals surface area contributed by atoms with E-state index in [1.54, 1.807) is 38.2 Å². The van der Waals surface area contributed by atoms with Crippen LogP contribution < -0.4 is 5.32 Å². The number of aromatic nitrogens is 2. The number of likely N-dealkylation sites (N-methyl/N-ethyl adjacent to an activating group) is 1. The predicted molar refractivity (Wildman–Crippen MR) is 178 cm³/mol. The third-order valence-corrected chi connectivity index (χ3v) is 9.35. The molecule has 11 heteroatoms. The van der Waals surface area contributed by atoms with Gasteiger partial charge in [-0.2, -0.15) is 18.4 Å². The number of benzene rings is 1. The summed E-state index contributed by atoms with van der Waals surface area (Å²) in [6, 6.07) is 13.3. The summed E-state index contributed by atoms with van der Waals surface area (Å²) in [6.07, 6.45) is 1.20.